The number of aryl methyl sites for hydroxylation is 1. The maximum Gasteiger partial charge on any atom is 0.146 e. The Kier molecular flexibility index (Phi) is 3.41. The summed E-state index contributed by atoms with van der Waals surface area (Å²) in [5.41, 5.74) is 0.430. The molecule has 4 nitrogen and oxygen atoms in total. The zero-order chi connectivity index (χ0) is 10.6. The first kappa shape index (κ1) is 10.5. The highest BCUT2D eigenvalue weighted by atomic mass is 15.2. The molecule has 0 aliphatic heterocycles. The van der Waals surface area contributed by atoms with Gasteiger partial charge in [0.2, 0.25) is 0 Å². The van der Waals surface area contributed by atoms with Crippen LogP contribution in [0.5, 0.6) is 0 Å². The van der Waals surface area contributed by atoms with Crippen molar-refractivity contribution in [1.29, 1.82) is 5.26 Å². The molecule has 0 saturated carbocycles. The van der Waals surface area contributed by atoms with Gasteiger partial charge in [-0.2, -0.15) is 5.26 Å². The summed E-state index contributed by atoms with van der Waals surface area (Å²) in [5.74, 6) is 1.48. The summed E-state index contributed by atoms with van der Waals surface area (Å²) < 4.78 is 0. The van der Waals surface area contributed by atoms with Gasteiger partial charge in [0.25, 0.3) is 0 Å². The molecule has 14 heavy (non-hydrogen) atoms. The van der Waals surface area contributed by atoms with Crippen molar-refractivity contribution < 1.29 is 0 Å². The van der Waals surface area contributed by atoms with Gasteiger partial charge < -0.3 is 4.90 Å². The van der Waals surface area contributed by atoms with Crippen LogP contribution >= 0.6 is 0 Å². The van der Waals surface area contributed by atoms with Gasteiger partial charge in [-0.15, -0.1) is 0 Å². The summed E-state index contributed by atoms with van der Waals surface area (Å²) in [6.45, 7) is 7.70. The van der Waals surface area contributed by atoms with Gasteiger partial charge in [0.1, 0.15) is 23.4 Å². The quantitative estimate of drug-likeness (QED) is 0.724. The molecule has 1 aromatic heterocycles. The lowest BCUT2D eigenvalue weighted by molar-refractivity contribution is 0.832. The number of nitriles is 1. The molecule has 4 heteroatoms. The third-order valence-electron chi connectivity index (χ3n) is 2.03. The standard InChI is InChI=1S/C10H14N4/c1-4-14(5-2)10-6-9(7-11)12-8(3)13-10/h6H,4-5H2,1-3H3. The predicted molar refractivity (Wildman–Crippen MR) is 55.0 cm³/mol. The van der Waals surface area contributed by atoms with Crippen molar-refractivity contribution in [3.8, 4) is 6.07 Å². The van der Waals surface area contributed by atoms with Crippen molar-refractivity contribution in [1.82, 2.24) is 9.97 Å². The molecule has 0 amide bonds. The van der Waals surface area contributed by atoms with E-state index in [-0.39, 0.29) is 0 Å². The molecule has 0 fully saturated rings. The van der Waals surface area contributed by atoms with Gasteiger partial charge in [-0.1, -0.05) is 0 Å². The fourth-order valence-corrected chi connectivity index (χ4v) is 1.32. The summed E-state index contributed by atoms with van der Waals surface area (Å²) in [6, 6.07) is 3.76. The Morgan fingerprint density at radius 3 is 2.50 bits per heavy atom. The molecule has 1 rings (SSSR count). The van der Waals surface area contributed by atoms with Crippen molar-refractivity contribution in [3.05, 3.63) is 17.6 Å². The van der Waals surface area contributed by atoms with Gasteiger partial charge >= 0.3 is 0 Å². The monoisotopic (exact) mass is 190 g/mol. The summed E-state index contributed by atoms with van der Waals surface area (Å²) in [5, 5.41) is 8.75. The predicted octanol–water partition coefficient (Wildman–Crippen LogP) is 1.50. The van der Waals surface area contributed by atoms with Crippen molar-refractivity contribution >= 4 is 5.82 Å². The second-order valence-electron chi connectivity index (χ2n) is 2.94. The summed E-state index contributed by atoms with van der Waals surface area (Å²) >= 11 is 0. The van der Waals surface area contributed by atoms with Gasteiger partial charge in [-0.25, -0.2) is 9.97 Å². The first-order valence-corrected chi connectivity index (χ1v) is 4.72. The average molecular weight is 190 g/mol. The van der Waals surface area contributed by atoms with E-state index in [9.17, 15) is 0 Å². The highest BCUT2D eigenvalue weighted by Crippen LogP contribution is 2.11. The molecule has 1 heterocycles. The fourth-order valence-electron chi connectivity index (χ4n) is 1.32. The highest BCUT2D eigenvalue weighted by molar-refractivity contribution is 5.42. The molecule has 74 valence electrons. The van der Waals surface area contributed by atoms with Crippen LogP contribution in [-0.4, -0.2) is 23.1 Å². The number of hydrogen-bond donors (Lipinski definition) is 0. The van der Waals surface area contributed by atoms with Crippen LogP contribution in [0.1, 0.15) is 25.4 Å². The molecular weight excluding hydrogens is 176 g/mol. The zero-order valence-electron chi connectivity index (χ0n) is 8.78. The van der Waals surface area contributed by atoms with E-state index in [0.717, 1.165) is 18.9 Å². The van der Waals surface area contributed by atoms with Crippen LogP contribution in [-0.2, 0) is 0 Å². The second-order valence-corrected chi connectivity index (χ2v) is 2.94. The topological polar surface area (TPSA) is 52.8 Å². The van der Waals surface area contributed by atoms with Crippen LogP contribution in [0.25, 0.3) is 0 Å². The van der Waals surface area contributed by atoms with Crippen LogP contribution in [0.15, 0.2) is 6.07 Å². The van der Waals surface area contributed by atoms with Crippen LogP contribution in [0.3, 0.4) is 0 Å². The maximum atomic E-state index is 8.75. The van der Waals surface area contributed by atoms with Crippen molar-refractivity contribution in [2.24, 2.45) is 0 Å². The Hall–Kier alpha value is -1.63. The minimum absolute atomic E-state index is 0.430. The lowest BCUT2D eigenvalue weighted by Gasteiger charge is -2.19. The van der Waals surface area contributed by atoms with Crippen molar-refractivity contribution in [2.45, 2.75) is 20.8 Å². The first-order chi connectivity index (χ1) is 6.71. The Bertz CT molecular complexity index is 350. The number of aromatic nitrogens is 2. The normalized spacial score (nSPS) is 9.57. The second kappa shape index (κ2) is 4.56. The summed E-state index contributed by atoms with van der Waals surface area (Å²) in [7, 11) is 0. The summed E-state index contributed by atoms with van der Waals surface area (Å²) in [6.07, 6.45) is 0. The Morgan fingerprint density at radius 1 is 1.36 bits per heavy atom. The third kappa shape index (κ3) is 2.19. The van der Waals surface area contributed by atoms with Gasteiger partial charge in [-0.3, -0.25) is 0 Å². The Labute approximate surface area is 84.2 Å². The van der Waals surface area contributed by atoms with E-state index in [4.69, 9.17) is 5.26 Å². The van der Waals surface area contributed by atoms with Crippen molar-refractivity contribution in [3.63, 3.8) is 0 Å². The minimum atomic E-state index is 0.430. The third-order valence-corrected chi connectivity index (χ3v) is 2.03. The molecule has 0 N–H and O–H groups in total. The van der Waals surface area contributed by atoms with E-state index in [1.54, 1.807) is 13.0 Å². The molecule has 0 atom stereocenters. The molecule has 0 radical (unpaired) electrons. The SMILES string of the molecule is CCN(CC)c1cc(C#N)nc(C)n1. The average Bonchev–Trinajstić information content (AvgIpc) is 2.19. The zero-order valence-corrected chi connectivity index (χ0v) is 8.78. The van der Waals surface area contributed by atoms with E-state index < -0.39 is 0 Å². The molecule has 0 aliphatic carbocycles. The van der Waals surface area contributed by atoms with Gasteiger partial charge in [0.05, 0.1) is 0 Å². The number of nitrogens with zero attached hydrogens (tertiary/aromatic N) is 4. The van der Waals surface area contributed by atoms with E-state index in [1.807, 2.05) is 6.07 Å². The smallest absolute Gasteiger partial charge is 0.146 e. The van der Waals surface area contributed by atoms with E-state index in [2.05, 4.69) is 28.7 Å². The number of hydrogen-bond acceptors (Lipinski definition) is 4. The minimum Gasteiger partial charge on any atom is -0.357 e. The lowest BCUT2D eigenvalue weighted by atomic mass is 10.3. The highest BCUT2D eigenvalue weighted by Gasteiger charge is 2.06. The van der Waals surface area contributed by atoms with Crippen LogP contribution in [0.2, 0.25) is 0 Å². The van der Waals surface area contributed by atoms with E-state index in [0.29, 0.717) is 11.5 Å². The van der Waals surface area contributed by atoms with Gasteiger partial charge in [0.15, 0.2) is 0 Å². The molecule has 0 bridgehead atoms. The largest absolute Gasteiger partial charge is 0.357 e. The van der Waals surface area contributed by atoms with Gasteiger partial charge in [-0.05, 0) is 20.8 Å². The lowest BCUT2D eigenvalue weighted by Crippen LogP contribution is -2.23. The van der Waals surface area contributed by atoms with Crippen LogP contribution < -0.4 is 4.90 Å². The fraction of sp³-hybridized carbons (Fsp3) is 0.500. The molecule has 0 aliphatic rings. The first-order valence-electron chi connectivity index (χ1n) is 4.72. The number of rotatable bonds is 3. The van der Waals surface area contributed by atoms with Gasteiger partial charge in [0, 0.05) is 19.2 Å². The molecule has 0 aromatic carbocycles. The molecule has 1 aromatic rings. The molecular formula is C10H14N4. The van der Waals surface area contributed by atoms with Crippen molar-refractivity contribution in [2.75, 3.05) is 18.0 Å². The summed E-state index contributed by atoms with van der Waals surface area (Å²) in [4.78, 5) is 10.4. The molecule has 0 unspecified atom stereocenters. The van der Waals surface area contributed by atoms with Crippen LogP contribution in [0.4, 0.5) is 5.82 Å². The maximum absolute atomic E-state index is 8.75. The Balaban J connectivity index is 3.09. The molecule has 0 saturated heterocycles. The van der Waals surface area contributed by atoms with E-state index in [1.165, 1.54) is 0 Å². The number of anilines is 1. The molecule has 0 spiro atoms. The Morgan fingerprint density at radius 2 is 2.00 bits per heavy atom. The van der Waals surface area contributed by atoms with Crippen LogP contribution in [0, 0.1) is 18.3 Å². The van der Waals surface area contributed by atoms with E-state index >= 15 is 0 Å².